The van der Waals surface area contributed by atoms with Crippen LogP contribution in [0.4, 0.5) is 4.39 Å². The molecular weight excluding hydrogens is 397 g/mol. The first-order chi connectivity index (χ1) is 14.5. The number of carbonyl (C=O) groups is 1. The number of aromatic nitrogens is 1. The highest BCUT2D eigenvalue weighted by Crippen LogP contribution is 2.33. The van der Waals surface area contributed by atoms with Crippen molar-refractivity contribution in [3.05, 3.63) is 64.9 Å². The molecule has 1 atom stereocenters. The standard InChI is InChI=1S/C24H28FN3OS/c1-16(2)23(17-7-9-19(25)10-8-17)26-15-22(29)28-13-11-18(12-14-28)24-27-20-5-3-4-6-21(20)30-24/h3-10,16,18,23,26H,11-15H2,1-2H3/p+1/t23-/m0/s1. The van der Waals surface area contributed by atoms with Gasteiger partial charge in [-0.05, 0) is 37.1 Å². The average Bonchev–Trinajstić information content (AvgIpc) is 3.19. The summed E-state index contributed by atoms with van der Waals surface area (Å²) in [6.45, 7) is 6.27. The van der Waals surface area contributed by atoms with Crippen molar-refractivity contribution in [3.63, 3.8) is 0 Å². The highest BCUT2D eigenvalue weighted by atomic mass is 32.1. The Balaban J connectivity index is 1.32. The van der Waals surface area contributed by atoms with Crippen molar-refractivity contribution >= 4 is 27.5 Å². The zero-order valence-corrected chi connectivity index (χ0v) is 18.4. The van der Waals surface area contributed by atoms with E-state index >= 15 is 0 Å². The third-order valence-corrected chi connectivity index (χ3v) is 7.23. The zero-order chi connectivity index (χ0) is 21.1. The van der Waals surface area contributed by atoms with Gasteiger partial charge in [-0.1, -0.05) is 38.1 Å². The Labute approximate surface area is 181 Å². The number of para-hydroxylation sites is 1. The Morgan fingerprint density at radius 3 is 2.53 bits per heavy atom. The highest BCUT2D eigenvalue weighted by Gasteiger charge is 2.28. The lowest BCUT2D eigenvalue weighted by atomic mass is 9.95. The molecule has 0 unspecified atom stereocenters. The van der Waals surface area contributed by atoms with Gasteiger partial charge in [0.15, 0.2) is 6.54 Å². The molecule has 1 fully saturated rings. The first kappa shape index (κ1) is 20.9. The lowest BCUT2D eigenvalue weighted by Gasteiger charge is -2.31. The van der Waals surface area contributed by atoms with Crippen LogP contribution in [0.3, 0.4) is 0 Å². The lowest BCUT2D eigenvalue weighted by molar-refractivity contribution is -0.692. The summed E-state index contributed by atoms with van der Waals surface area (Å²) >= 11 is 1.78. The molecule has 158 valence electrons. The summed E-state index contributed by atoms with van der Waals surface area (Å²) in [5, 5.41) is 3.30. The van der Waals surface area contributed by atoms with Crippen molar-refractivity contribution in [2.75, 3.05) is 19.6 Å². The molecular formula is C24H29FN3OS+. The monoisotopic (exact) mass is 426 g/mol. The van der Waals surface area contributed by atoms with E-state index in [2.05, 4.69) is 37.4 Å². The van der Waals surface area contributed by atoms with Crippen LogP contribution in [0.5, 0.6) is 0 Å². The summed E-state index contributed by atoms with van der Waals surface area (Å²) in [5.41, 5.74) is 2.14. The molecule has 1 saturated heterocycles. The predicted molar refractivity (Wildman–Crippen MR) is 119 cm³/mol. The number of hydrogen-bond donors (Lipinski definition) is 1. The van der Waals surface area contributed by atoms with Crippen molar-refractivity contribution in [1.82, 2.24) is 9.88 Å². The Morgan fingerprint density at radius 2 is 1.87 bits per heavy atom. The van der Waals surface area contributed by atoms with E-state index in [4.69, 9.17) is 4.98 Å². The van der Waals surface area contributed by atoms with Crippen LogP contribution in [0, 0.1) is 11.7 Å². The van der Waals surface area contributed by atoms with Gasteiger partial charge in [0.1, 0.15) is 11.9 Å². The third kappa shape index (κ3) is 4.71. The molecule has 6 heteroatoms. The summed E-state index contributed by atoms with van der Waals surface area (Å²) in [6.07, 6.45) is 1.94. The van der Waals surface area contributed by atoms with E-state index in [1.165, 1.54) is 21.8 Å². The van der Waals surface area contributed by atoms with Gasteiger partial charge >= 0.3 is 0 Å². The molecule has 1 aliphatic rings. The second-order valence-corrected chi connectivity index (χ2v) is 9.50. The molecule has 4 nitrogen and oxygen atoms in total. The minimum atomic E-state index is -0.228. The van der Waals surface area contributed by atoms with Gasteiger partial charge in [0, 0.05) is 30.5 Å². The summed E-state index contributed by atoms with van der Waals surface area (Å²) in [7, 11) is 0. The second-order valence-electron chi connectivity index (χ2n) is 8.44. The molecule has 2 N–H and O–H groups in total. The number of fused-ring (bicyclic) bond motifs is 1. The van der Waals surface area contributed by atoms with E-state index in [9.17, 15) is 9.18 Å². The summed E-state index contributed by atoms with van der Waals surface area (Å²) in [4.78, 5) is 19.6. The first-order valence-electron chi connectivity index (χ1n) is 10.7. The molecule has 1 amide bonds. The fourth-order valence-electron chi connectivity index (χ4n) is 4.28. The first-order valence-corrected chi connectivity index (χ1v) is 11.5. The summed E-state index contributed by atoms with van der Waals surface area (Å²) in [5.74, 6) is 0.755. The van der Waals surface area contributed by atoms with E-state index in [-0.39, 0.29) is 17.8 Å². The third-order valence-electron chi connectivity index (χ3n) is 6.03. The van der Waals surface area contributed by atoms with Crippen molar-refractivity contribution in [2.24, 2.45) is 5.92 Å². The molecule has 1 aliphatic heterocycles. The van der Waals surface area contributed by atoms with E-state index in [1.54, 1.807) is 11.3 Å². The fourth-order valence-corrected chi connectivity index (χ4v) is 5.41. The van der Waals surface area contributed by atoms with Gasteiger partial charge in [-0.3, -0.25) is 4.79 Å². The molecule has 0 aliphatic carbocycles. The normalized spacial score (nSPS) is 16.3. The second kappa shape index (κ2) is 9.23. The number of halogens is 1. The maximum absolute atomic E-state index is 13.2. The molecule has 0 spiro atoms. The van der Waals surface area contributed by atoms with Gasteiger partial charge in [0.05, 0.1) is 15.2 Å². The van der Waals surface area contributed by atoms with Gasteiger partial charge in [-0.2, -0.15) is 0 Å². The van der Waals surface area contributed by atoms with Crippen molar-refractivity contribution in [1.29, 1.82) is 0 Å². The van der Waals surface area contributed by atoms with Crippen LogP contribution in [0.15, 0.2) is 48.5 Å². The van der Waals surface area contributed by atoms with Crippen molar-refractivity contribution in [2.45, 2.75) is 38.6 Å². The van der Waals surface area contributed by atoms with Crippen LogP contribution in [-0.2, 0) is 4.79 Å². The van der Waals surface area contributed by atoms with Gasteiger partial charge in [0.25, 0.3) is 5.91 Å². The van der Waals surface area contributed by atoms with E-state index < -0.39 is 0 Å². The largest absolute Gasteiger partial charge is 0.338 e. The van der Waals surface area contributed by atoms with Crippen LogP contribution in [0.2, 0.25) is 0 Å². The smallest absolute Gasteiger partial charge is 0.277 e. The maximum Gasteiger partial charge on any atom is 0.277 e. The van der Waals surface area contributed by atoms with E-state index in [1.807, 2.05) is 23.1 Å². The van der Waals surface area contributed by atoms with Crippen LogP contribution >= 0.6 is 11.3 Å². The number of carbonyl (C=O) groups excluding carboxylic acids is 1. The van der Waals surface area contributed by atoms with Gasteiger partial charge < -0.3 is 10.2 Å². The number of benzene rings is 2. The number of piperidine rings is 1. The molecule has 0 bridgehead atoms. The van der Waals surface area contributed by atoms with Crippen LogP contribution < -0.4 is 5.32 Å². The number of thiazole rings is 1. The number of hydrogen-bond acceptors (Lipinski definition) is 3. The number of rotatable bonds is 6. The van der Waals surface area contributed by atoms with Crippen molar-refractivity contribution in [3.8, 4) is 0 Å². The quantitative estimate of drug-likeness (QED) is 0.645. The zero-order valence-electron chi connectivity index (χ0n) is 17.6. The van der Waals surface area contributed by atoms with Gasteiger partial charge in [0.2, 0.25) is 0 Å². The molecule has 3 aromatic rings. The van der Waals surface area contributed by atoms with E-state index in [0.29, 0.717) is 18.4 Å². The molecule has 2 heterocycles. The molecule has 0 radical (unpaired) electrons. The average molecular weight is 427 g/mol. The Bertz CT molecular complexity index is 960. The van der Waals surface area contributed by atoms with E-state index in [0.717, 1.165) is 37.0 Å². The SMILES string of the molecule is CC(C)[C@H]([NH2+]CC(=O)N1CCC(c2nc3ccccc3s2)CC1)c1ccc(F)cc1. The van der Waals surface area contributed by atoms with Crippen LogP contribution in [0.25, 0.3) is 10.2 Å². The Hall–Kier alpha value is -2.31. The maximum atomic E-state index is 13.2. The number of quaternary nitrogens is 1. The Kier molecular flexibility index (Phi) is 6.44. The summed E-state index contributed by atoms with van der Waals surface area (Å²) in [6, 6.07) is 15.1. The number of nitrogens with zero attached hydrogens (tertiary/aromatic N) is 2. The Morgan fingerprint density at radius 1 is 1.17 bits per heavy atom. The molecule has 2 aromatic carbocycles. The summed E-state index contributed by atoms with van der Waals surface area (Å²) < 4.78 is 14.5. The number of amides is 1. The number of likely N-dealkylation sites (tertiary alicyclic amines) is 1. The predicted octanol–water partition coefficient (Wildman–Crippen LogP) is 4.10. The molecule has 30 heavy (non-hydrogen) atoms. The minimum Gasteiger partial charge on any atom is -0.338 e. The van der Waals surface area contributed by atoms with Crippen LogP contribution in [0.1, 0.15) is 49.2 Å². The topological polar surface area (TPSA) is 49.8 Å². The molecule has 4 rings (SSSR count). The lowest BCUT2D eigenvalue weighted by Crippen LogP contribution is -2.88. The van der Waals surface area contributed by atoms with Crippen molar-refractivity contribution < 1.29 is 14.5 Å². The molecule has 0 saturated carbocycles. The van der Waals surface area contributed by atoms with Gasteiger partial charge in [-0.25, -0.2) is 9.37 Å². The van der Waals surface area contributed by atoms with Gasteiger partial charge in [-0.15, -0.1) is 11.3 Å². The fraction of sp³-hybridized carbons (Fsp3) is 0.417. The minimum absolute atomic E-state index is 0.148. The highest BCUT2D eigenvalue weighted by molar-refractivity contribution is 7.18. The number of nitrogens with two attached hydrogens (primary N) is 1. The van der Waals surface area contributed by atoms with Crippen LogP contribution in [-0.4, -0.2) is 35.4 Å². The molecule has 1 aromatic heterocycles.